The van der Waals surface area contributed by atoms with Crippen molar-refractivity contribution in [2.75, 3.05) is 25.2 Å². The van der Waals surface area contributed by atoms with E-state index < -0.39 is 64.2 Å². The Bertz CT molecular complexity index is 1550. The predicted octanol–water partition coefficient (Wildman–Crippen LogP) is 0.931. The van der Waals surface area contributed by atoms with Gasteiger partial charge in [0, 0.05) is 18.5 Å². The van der Waals surface area contributed by atoms with Crippen LogP contribution in [0.3, 0.4) is 0 Å². The number of benzene rings is 2. The summed E-state index contributed by atoms with van der Waals surface area (Å²) in [6, 6.07) is 12.7. The Balaban J connectivity index is 1.50. The van der Waals surface area contributed by atoms with Gasteiger partial charge < -0.3 is 19.9 Å². The number of halogens is 2. The molecule has 2 aliphatic heterocycles. The summed E-state index contributed by atoms with van der Waals surface area (Å²) in [4.78, 5) is 53.2. The summed E-state index contributed by atoms with van der Waals surface area (Å²) in [5.41, 5.74) is 1.39. The summed E-state index contributed by atoms with van der Waals surface area (Å²) >= 11 is 14.4. The monoisotopic (exact) mass is 612 g/mol. The van der Waals surface area contributed by atoms with E-state index in [1.54, 1.807) is 24.3 Å². The third-order valence-corrected chi connectivity index (χ3v) is 10.4. The number of aliphatic hydroxyl groups excluding tert-OH is 1. The molecule has 4 aliphatic rings. The van der Waals surface area contributed by atoms with E-state index in [-0.39, 0.29) is 37.2 Å². The van der Waals surface area contributed by atoms with Crippen LogP contribution in [-0.2, 0) is 19.2 Å². The fourth-order valence-electron chi connectivity index (χ4n) is 7.17. The highest BCUT2D eigenvalue weighted by atomic mass is 35.5. The Kier molecular flexibility index (Phi) is 7.02. The second kappa shape index (κ2) is 10.2. The van der Waals surface area contributed by atoms with Gasteiger partial charge in [0.25, 0.3) is 11.8 Å². The van der Waals surface area contributed by atoms with E-state index in [1.165, 1.54) is 31.3 Å². The van der Waals surface area contributed by atoms with Gasteiger partial charge in [-0.3, -0.25) is 29.0 Å². The van der Waals surface area contributed by atoms with Crippen molar-refractivity contribution in [3.63, 3.8) is 0 Å². The van der Waals surface area contributed by atoms with Crippen LogP contribution in [0.2, 0.25) is 0 Å². The molecule has 2 aromatic rings. The fourth-order valence-corrected chi connectivity index (χ4v) is 8.19. The average Bonchev–Trinajstić information content (AvgIpc) is 3.31. The first-order valence-corrected chi connectivity index (χ1v) is 14.3. The Labute approximate surface area is 251 Å². The molecule has 4 amide bonds. The number of carbonyl (C=O) groups excluding carboxylic acids is 4. The van der Waals surface area contributed by atoms with Crippen LogP contribution >= 0.6 is 23.2 Å². The maximum atomic E-state index is 14.1. The maximum absolute atomic E-state index is 14.1. The minimum Gasteiger partial charge on any atom is -0.491 e. The number of allylic oxidation sites excluding steroid dienone is 2. The highest BCUT2D eigenvalue weighted by molar-refractivity contribution is 6.58. The molecule has 13 heteroatoms. The van der Waals surface area contributed by atoms with Crippen LogP contribution in [0, 0.1) is 17.8 Å². The van der Waals surface area contributed by atoms with Crippen LogP contribution < -0.4 is 15.1 Å². The first-order valence-electron chi connectivity index (χ1n) is 13.5. The molecule has 2 aliphatic carbocycles. The molecular formula is C29H27BCl2N2O8. The van der Waals surface area contributed by atoms with Gasteiger partial charge in [0.2, 0.25) is 11.8 Å². The molecule has 3 N–H and O–H groups in total. The number of aliphatic hydroxyl groups is 1. The second-order valence-corrected chi connectivity index (χ2v) is 12.3. The predicted molar refractivity (Wildman–Crippen MR) is 153 cm³/mol. The van der Waals surface area contributed by atoms with Crippen LogP contribution in [0.25, 0.3) is 0 Å². The van der Waals surface area contributed by atoms with E-state index in [0.29, 0.717) is 16.9 Å². The van der Waals surface area contributed by atoms with E-state index in [0.717, 1.165) is 9.80 Å². The number of para-hydroxylation sites is 1. The van der Waals surface area contributed by atoms with Crippen molar-refractivity contribution in [2.24, 2.45) is 17.8 Å². The number of alkyl halides is 2. The molecule has 0 spiro atoms. The van der Waals surface area contributed by atoms with Gasteiger partial charge in [-0.05, 0) is 42.4 Å². The van der Waals surface area contributed by atoms with Crippen LogP contribution in [0.5, 0.6) is 5.75 Å². The molecular weight excluding hydrogens is 586 g/mol. The van der Waals surface area contributed by atoms with Crippen molar-refractivity contribution in [3.05, 3.63) is 65.7 Å². The van der Waals surface area contributed by atoms with Gasteiger partial charge in [0.05, 0.1) is 24.1 Å². The van der Waals surface area contributed by atoms with Gasteiger partial charge in [-0.25, -0.2) is 0 Å². The SMILES string of the molecule is CN1C(=O)[C@]2(Cl)C[C@@H]3C(=CC[C@@H]4C(=O)N(c5cccc(B(O)O)c5)C(=O)[C@@H]43)[C@H](c3ccccc3OCCO)[C@]2(Cl)C1=O. The molecule has 0 bridgehead atoms. The fraction of sp³-hybridized carbons (Fsp3) is 0.379. The quantitative estimate of drug-likeness (QED) is 0.189. The summed E-state index contributed by atoms with van der Waals surface area (Å²) in [6.07, 6.45) is 1.84. The van der Waals surface area contributed by atoms with Crippen LogP contribution in [0.4, 0.5) is 5.69 Å². The first-order chi connectivity index (χ1) is 20.0. The van der Waals surface area contributed by atoms with Gasteiger partial charge in [-0.15, -0.1) is 23.2 Å². The van der Waals surface area contributed by atoms with Crippen molar-refractivity contribution in [2.45, 2.75) is 28.5 Å². The van der Waals surface area contributed by atoms with Crippen molar-refractivity contribution in [3.8, 4) is 5.75 Å². The van der Waals surface area contributed by atoms with Crippen molar-refractivity contribution in [1.29, 1.82) is 0 Å². The number of amides is 4. The molecule has 2 heterocycles. The summed E-state index contributed by atoms with van der Waals surface area (Å²) in [6.45, 7) is -0.296. The van der Waals surface area contributed by atoms with Gasteiger partial charge in [0.15, 0.2) is 9.75 Å². The van der Waals surface area contributed by atoms with Crippen LogP contribution in [0.15, 0.2) is 60.2 Å². The highest BCUT2D eigenvalue weighted by Crippen LogP contribution is 2.66. The van der Waals surface area contributed by atoms with Gasteiger partial charge >= 0.3 is 7.12 Å². The van der Waals surface area contributed by atoms with E-state index in [9.17, 15) is 34.3 Å². The molecule has 6 atom stereocenters. The number of fused-ring (bicyclic) bond motifs is 4. The number of likely N-dealkylation sites (tertiary alicyclic amines) is 1. The molecule has 0 aromatic heterocycles. The molecule has 0 unspecified atom stereocenters. The van der Waals surface area contributed by atoms with E-state index in [1.807, 2.05) is 6.08 Å². The zero-order chi connectivity index (χ0) is 30.1. The Morgan fingerprint density at radius 2 is 1.74 bits per heavy atom. The first kappa shape index (κ1) is 28.9. The summed E-state index contributed by atoms with van der Waals surface area (Å²) in [5.74, 6) is -5.37. The van der Waals surface area contributed by atoms with Crippen LogP contribution in [0.1, 0.15) is 24.3 Å². The van der Waals surface area contributed by atoms with Crippen molar-refractivity contribution in [1.82, 2.24) is 4.90 Å². The highest BCUT2D eigenvalue weighted by Gasteiger charge is 2.76. The number of anilines is 1. The lowest BCUT2D eigenvalue weighted by molar-refractivity contribution is -0.138. The van der Waals surface area contributed by atoms with Gasteiger partial charge in [0.1, 0.15) is 12.4 Å². The summed E-state index contributed by atoms with van der Waals surface area (Å²) < 4.78 is 5.81. The number of nitrogens with zero attached hydrogens (tertiary/aromatic N) is 2. The Morgan fingerprint density at radius 1 is 1.00 bits per heavy atom. The largest absolute Gasteiger partial charge is 0.491 e. The van der Waals surface area contributed by atoms with Crippen molar-refractivity contribution < 1.29 is 39.1 Å². The topological polar surface area (TPSA) is 145 Å². The van der Waals surface area contributed by atoms with E-state index in [2.05, 4.69) is 0 Å². The number of rotatable bonds is 6. The lowest BCUT2D eigenvalue weighted by atomic mass is 9.56. The number of carbonyl (C=O) groups is 4. The second-order valence-electron chi connectivity index (χ2n) is 11.1. The third kappa shape index (κ3) is 3.84. The molecule has 6 rings (SSSR count). The maximum Gasteiger partial charge on any atom is 0.488 e. The molecule has 3 fully saturated rings. The normalized spacial score (nSPS) is 32.0. The standard InChI is InChI=1S/C29H27BCl2N2O8/c1-33-26(38)28(31)14-20-17(23(29(28,32)27(33)39)18-7-2-3-8-21(18)42-12-11-35)9-10-19-22(20)25(37)34(24(19)36)16-6-4-5-15(13-16)30(40)41/h2-9,13,19-20,22-23,35,40-41H,10-12,14H2,1H3/t19-,20+,22-,23+,28+,29-/m0/s1. The Hall–Kier alpha value is -3.22. The zero-order valence-corrected chi connectivity index (χ0v) is 24.0. The minimum atomic E-state index is -1.95. The smallest absolute Gasteiger partial charge is 0.488 e. The van der Waals surface area contributed by atoms with Gasteiger partial charge in [-0.2, -0.15) is 0 Å². The number of ether oxygens (including phenoxy) is 1. The summed E-state index contributed by atoms with van der Waals surface area (Å²) in [5, 5.41) is 28.7. The molecule has 1 saturated carbocycles. The number of imide groups is 2. The molecule has 0 radical (unpaired) electrons. The minimum absolute atomic E-state index is 0.0332. The number of hydrogen-bond acceptors (Lipinski definition) is 8. The lowest BCUT2D eigenvalue weighted by Crippen LogP contribution is -2.60. The van der Waals surface area contributed by atoms with E-state index in [4.69, 9.17) is 27.9 Å². The van der Waals surface area contributed by atoms with Crippen LogP contribution in [-0.4, -0.2) is 80.8 Å². The summed E-state index contributed by atoms with van der Waals surface area (Å²) in [7, 11) is -0.478. The van der Waals surface area contributed by atoms with Gasteiger partial charge in [-0.1, -0.05) is 42.0 Å². The number of hydrogen-bond donors (Lipinski definition) is 3. The molecule has 10 nitrogen and oxygen atoms in total. The molecule has 218 valence electrons. The lowest BCUT2D eigenvalue weighted by Gasteiger charge is -2.51. The Morgan fingerprint density at radius 3 is 2.45 bits per heavy atom. The van der Waals surface area contributed by atoms with Crippen molar-refractivity contribution >= 4 is 65.1 Å². The average molecular weight is 613 g/mol. The molecule has 2 saturated heterocycles. The zero-order valence-electron chi connectivity index (χ0n) is 22.4. The van der Waals surface area contributed by atoms with E-state index >= 15 is 0 Å². The third-order valence-electron chi connectivity index (χ3n) is 9.02. The molecule has 2 aromatic carbocycles. The molecule has 42 heavy (non-hydrogen) atoms.